The largest absolute Gasteiger partial charge is 0.493 e. The van der Waals surface area contributed by atoms with E-state index in [0.29, 0.717) is 30.5 Å². The highest BCUT2D eigenvalue weighted by Crippen LogP contribution is 2.45. The number of rotatable bonds is 4. The number of para-hydroxylation sites is 1. The lowest BCUT2D eigenvalue weighted by Crippen LogP contribution is -2.28. The molecule has 1 saturated heterocycles. The van der Waals surface area contributed by atoms with Gasteiger partial charge in [-0.3, -0.25) is 9.20 Å². The quantitative estimate of drug-likeness (QED) is 0.684. The zero-order valence-corrected chi connectivity index (χ0v) is 16.8. The highest BCUT2D eigenvalue weighted by atomic mass is 16.5. The van der Waals surface area contributed by atoms with Crippen LogP contribution in [0.25, 0.3) is 5.65 Å². The summed E-state index contributed by atoms with van der Waals surface area (Å²) in [6.45, 7) is 5.47. The van der Waals surface area contributed by atoms with Gasteiger partial charge in [-0.2, -0.15) is 0 Å². The lowest BCUT2D eigenvalue weighted by molar-refractivity contribution is 0.204. The molecule has 29 heavy (non-hydrogen) atoms. The number of fused-ring (bicyclic) bond motifs is 4. The average molecular weight is 391 g/mol. The van der Waals surface area contributed by atoms with Crippen molar-refractivity contribution in [3.8, 4) is 11.5 Å². The van der Waals surface area contributed by atoms with Crippen molar-refractivity contribution >= 4 is 5.65 Å². The highest BCUT2D eigenvalue weighted by molar-refractivity contribution is 5.50. The van der Waals surface area contributed by atoms with E-state index in [1.807, 2.05) is 37.3 Å². The van der Waals surface area contributed by atoms with Crippen LogP contribution in [-0.2, 0) is 6.42 Å². The van der Waals surface area contributed by atoms with Crippen LogP contribution in [0.3, 0.4) is 0 Å². The number of benzene rings is 1. The molecule has 0 saturated carbocycles. The fourth-order valence-corrected chi connectivity index (χ4v) is 4.79. The standard InChI is InChI=1S/C23H25N3O3/c1-15-17(23(27)26-10-4-3-8-21(26)24-15)9-11-25-12-16-14-29-22-18(19(16)13-25)6-5-7-20(22)28-2/h3-8,10,16,19H,9,11-14H2,1-2H3/t16-,19-/m0/s1. The van der Waals surface area contributed by atoms with E-state index in [1.54, 1.807) is 17.7 Å². The van der Waals surface area contributed by atoms with Gasteiger partial charge in [0.2, 0.25) is 0 Å². The van der Waals surface area contributed by atoms with Crippen LogP contribution < -0.4 is 15.0 Å². The van der Waals surface area contributed by atoms with Gasteiger partial charge < -0.3 is 14.4 Å². The van der Waals surface area contributed by atoms with Crippen molar-refractivity contribution in [3.05, 3.63) is 69.8 Å². The molecule has 6 nitrogen and oxygen atoms in total. The normalized spacial score (nSPS) is 20.9. The van der Waals surface area contributed by atoms with Crippen LogP contribution in [-0.4, -0.2) is 47.6 Å². The Balaban J connectivity index is 1.35. The van der Waals surface area contributed by atoms with E-state index in [4.69, 9.17) is 9.47 Å². The third kappa shape index (κ3) is 3.08. The number of likely N-dealkylation sites (tertiary alicyclic amines) is 1. The summed E-state index contributed by atoms with van der Waals surface area (Å²) in [6.07, 6.45) is 2.50. The molecule has 0 unspecified atom stereocenters. The first-order valence-corrected chi connectivity index (χ1v) is 10.1. The van der Waals surface area contributed by atoms with Gasteiger partial charge in [0.25, 0.3) is 5.56 Å². The second kappa shape index (κ2) is 7.19. The van der Waals surface area contributed by atoms with Gasteiger partial charge >= 0.3 is 0 Å². The van der Waals surface area contributed by atoms with E-state index in [-0.39, 0.29) is 5.56 Å². The number of hydrogen-bond acceptors (Lipinski definition) is 5. The van der Waals surface area contributed by atoms with Crippen LogP contribution in [0.4, 0.5) is 0 Å². The fourth-order valence-electron chi connectivity index (χ4n) is 4.79. The summed E-state index contributed by atoms with van der Waals surface area (Å²) in [6, 6.07) is 11.8. The maximum Gasteiger partial charge on any atom is 0.261 e. The summed E-state index contributed by atoms with van der Waals surface area (Å²) in [5.74, 6) is 2.63. The zero-order valence-electron chi connectivity index (χ0n) is 16.8. The van der Waals surface area contributed by atoms with Gasteiger partial charge in [0.15, 0.2) is 11.5 Å². The van der Waals surface area contributed by atoms with Gasteiger partial charge in [0.1, 0.15) is 5.65 Å². The minimum atomic E-state index is 0.0446. The summed E-state index contributed by atoms with van der Waals surface area (Å²) >= 11 is 0. The molecule has 1 aromatic carbocycles. The van der Waals surface area contributed by atoms with Crippen LogP contribution in [0.5, 0.6) is 11.5 Å². The molecule has 3 aromatic rings. The van der Waals surface area contributed by atoms with Crippen LogP contribution in [0.1, 0.15) is 22.7 Å². The van der Waals surface area contributed by atoms with Gasteiger partial charge in [0, 0.05) is 54.5 Å². The summed E-state index contributed by atoms with van der Waals surface area (Å²) in [7, 11) is 1.68. The maximum atomic E-state index is 12.9. The molecule has 0 N–H and O–H groups in total. The topological polar surface area (TPSA) is 56.1 Å². The molecule has 0 radical (unpaired) electrons. The first-order chi connectivity index (χ1) is 14.2. The Labute approximate surface area is 169 Å². The number of ether oxygens (including phenoxy) is 2. The molecular weight excluding hydrogens is 366 g/mol. The van der Waals surface area contributed by atoms with E-state index >= 15 is 0 Å². The Kier molecular flexibility index (Phi) is 4.51. The van der Waals surface area contributed by atoms with E-state index in [0.717, 1.165) is 42.4 Å². The number of aromatic nitrogens is 2. The molecule has 1 fully saturated rings. The highest BCUT2D eigenvalue weighted by Gasteiger charge is 2.39. The predicted octanol–water partition coefficient (Wildman–Crippen LogP) is 2.66. The van der Waals surface area contributed by atoms with Gasteiger partial charge in [-0.05, 0) is 31.5 Å². The van der Waals surface area contributed by atoms with Crippen LogP contribution in [0.2, 0.25) is 0 Å². The Morgan fingerprint density at radius 3 is 2.97 bits per heavy atom. The van der Waals surface area contributed by atoms with Gasteiger partial charge in [-0.25, -0.2) is 4.98 Å². The molecule has 0 spiro atoms. The minimum absolute atomic E-state index is 0.0446. The molecule has 2 atom stereocenters. The Morgan fingerprint density at radius 1 is 1.21 bits per heavy atom. The second-order valence-electron chi connectivity index (χ2n) is 7.98. The molecule has 0 amide bonds. The third-order valence-electron chi connectivity index (χ3n) is 6.30. The molecule has 0 aliphatic carbocycles. The monoisotopic (exact) mass is 391 g/mol. The minimum Gasteiger partial charge on any atom is -0.493 e. The predicted molar refractivity (Wildman–Crippen MR) is 111 cm³/mol. The summed E-state index contributed by atoms with van der Waals surface area (Å²) < 4.78 is 13.2. The van der Waals surface area contributed by atoms with Crippen molar-refractivity contribution in [3.63, 3.8) is 0 Å². The lowest BCUT2D eigenvalue weighted by atomic mass is 9.87. The van der Waals surface area contributed by atoms with Crippen molar-refractivity contribution in [1.82, 2.24) is 14.3 Å². The van der Waals surface area contributed by atoms with Gasteiger partial charge in [-0.15, -0.1) is 0 Å². The second-order valence-corrected chi connectivity index (χ2v) is 7.98. The molecule has 0 bridgehead atoms. The number of aryl methyl sites for hydroxylation is 1. The Hall–Kier alpha value is -2.86. The molecule has 2 aliphatic rings. The van der Waals surface area contributed by atoms with Crippen molar-refractivity contribution < 1.29 is 9.47 Å². The van der Waals surface area contributed by atoms with E-state index in [9.17, 15) is 4.79 Å². The number of pyridine rings is 1. The first-order valence-electron chi connectivity index (χ1n) is 10.1. The number of nitrogens with zero attached hydrogens (tertiary/aromatic N) is 3. The number of methoxy groups -OCH3 is 1. The van der Waals surface area contributed by atoms with Gasteiger partial charge in [-0.1, -0.05) is 18.2 Å². The van der Waals surface area contributed by atoms with E-state index < -0.39 is 0 Å². The van der Waals surface area contributed by atoms with Crippen LogP contribution >= 0.6 is 0 Å². The fraction of sp³-hybridized carbons (Fsp3) is 0.391. The third-order valence-corrected chi connectivity index (χ3v) is 6.30. The van der Waals surface area contributed by atoms with E-state index in [1.165, 1.54) is 5.56 Å². The maximum absolute atomic E-state index is 12.9. The van der Waals surface area contributed by atoms with Crippen molar-refractivity contribution in [2.75, 3.05) is 33.4 Å². The van der Waals surface area contributed by atoms with Gasteiger partial charge in [0.05, 0.1) is 13.7 Å². The summed E-state index contributed by atoms with van der Waals surface area (Å²) in [4.78, 5) is 20.0. The SMILES string of the molecule is COc1cccc2c1OC[C@@H]1CN(CCc3c(C)nc4ccccn4c3=O)C[C@H]21. The molecular formula is C23H25N3O3. The summed E-state index contributed by atoms with van der Waals surface area (Å²) in [5.41, 5.74) is 3.63. The van der Waals surface area contributed by atoms with Crippen LogP contribution in [0, 0.1) is 12.8 Å². The molecule has 6 heteroatoms. The number of hydrogen-bond donors (Lipinski definition) is 0. The molecule has 2 aliphatic heterocycles. The van der Waals surface area contributed by atoms with Crippen molar-refractivity contribution in [2.24, 2.45) is 5.92 Å². The zero-order chi connectivity index (χ0) is 20.0. The smallest absolute Gasteiger partial charge is 0.261 e. The summed E-state index contributed by atoms with van der Waals surface area (Å²) in [5, 5.41) is 0. The van der Waals surface area contributed by atoms with Crippen molar-refractivity contribution in [2.45, 2.75) is 19.3 Å². The van der Waals surface area contributed by atoms with Crippen LogP contribution in [0.15, 0.2) is 47.4 Å². The Morgan fingerprint density at radius 2 is 2.10 bits per heavy atom. The molecule has 5 rings (SSSR count). The molecule has 2 aromatic heterocycles. The van der Waals surface area contributed by atoms with Crippen molar-refractivity contribution in [1.29, 1.82) is 0 Å². The van der Waals surface area contributed by atoms with E-state index in [2.05, 4.69) is 16.0 Å². The lowest BCUT2D eigenvalue weighted by Gasteiger charge is -2.28. The molecule has 4 heterocycles. The Bertz CT molecular complexity index is 1120. The molecule has 150 valence electrons. The first kappa shape index (κ1) is 18.2. The average Bonchev–Trinajstić information content (AvgIpc) is 3.16.